The zero-order valence-corrected chi connectivity index (χ0v) is 13.6. The van der Waals surface area contributed by atoms with E-state index in [0.29, 0.717) is 12.1 Å². The lowest BCUT2D eigenvalue weighted by atomic mass is 10.0. The molecular weight excluding hydrogens is 290 g/mol. The number of nitrogens with one attached hydrogen (secondary N) is 2. The summed E-state index contributed by atoms with van der Waals surface area (Å²) in [5.41, 5.74) is 0.438. The molecule has 2 N–H and O–H groups in total. The fourth-order valence-electron chi connectivity index (χ4n) is 1.83. The fraction of sp³-hybridized carbons (Fsp3) is 0.533. The molecule has 1 aromatic heterocycles. The van der Waals surface area contributed by atoms with Crippen molar-refractivity contribution in [3.63, 3.8) is 0 Å². The van der Waals surface area contributed by atoms with Crippen molar-refractivity contribution >= 4 is 29.1 Å². The van der Waals surface area contributed by atoms with E-state index in [0.717, 1.165) is 0 Å². The minimum Gasteiger partial charge on any atom is -0.344 e. The molecule has 0 saturated heterocycles. The van der Waals surface area contributed by atoms with Crippen molar-refractivity contribution in [2.24, 2.45) is 11.8 Å². The van der Waals surface area contributed by atoms with Gasteiger partial charge in [-0.2, -0.15) is 0 Å². The highest BCUT2D eigenvalue weighted by atomic mass is 35.5. The molecule has 2 amide bonds. The lowest BCUT2D eigenvalue weighted by molar-refractivity contribution is -0.127. The second kappa shape index (κ2) is 7.98. The third-order valence-electron chi connectivity index (χ3n) is 2.88. The second-order valence-corrected chi connectivity index (χ2v) is 6.08. The lowest BCUT2D eigenvalue weighted by Gasteiger charge is -2.22. The van der Waals surface area contributed by atoms with Crippen LogP contribution in [0.4, 0.5) is 5.69 Å². The van der Waals surface area contributed by atoms with Gasteiger partial charge in [-0.3, -0.25) is 9.59 Å². The van der Waals surface area contributed by atoms with Crippen LogP contribution in [0.3, 0.4) is 0 Å². The van der Waals surface area contributed by atoms with Crippen LogP contribution in [0.2, 0.25) is 5.15 Å². The van der Waals surface area contributed by atoms with Crippen molar-refractivity contribution in [2.75, 3.05) is 5.32 Å². The average Bonchev–Trinajstić information content (AvgIpc) is 2.37. The van der Waals surface area contributed by atoms with Gasteiger partial charge in [-0.05, 0) is 24.0 Å². The number of nitrogens with zero attached hydrogens (tertiary/aromatic N) is 1. The normalized spacial score (nSPS) is 12.3. The number of hydrogen-bond donors (Lipinski definition) is 2. The Balaban J connectivity index is 2.74. The number of carbonyl (C=O) groups is 2. The van der Waals surface area contributed by atoms with E-state index in [1.54, 1.807) is 18.3 Å². The molecular formula is C15H22ClN3O2. The van der Waals surface area contributed by atoms with E-state index < -0.39 is 6.04 Å². The van der Waals surface area contributed by atoms with Crippen molar-refractivity contribution in [3.8, 4) is 0 Å². The highest BCUT2D eigenvalue weighted by molar-refractivity contribution is 6.32. The van der Waals surface area contributed by atoms with Gasteiger partial charge < -0.3 is 10.6 Å². The molecule has 0 aliphatic rings. The Morgan fingerprint density at radius 1 is 1.29 bits per heavy atom. The van der Waals surface area contributed by atoms with Crippen LogP contribution in [0.1, 0.15) is 34.1 Å². The zero-order valence-electron chi connectivity index (χ0n) is 12.8. The van der Waals surface area contributed by atoms with Gasteiger partial charge in [-0.1, -0.05) is 39.3 Å². The van der Waals surface area contributed by atoms with Crippen molar-refractivity contribution < 1.29 is 9.59 Å². The first-order chi connectivity index (χ1) is 9.81. The molecule has 116 valence electrons. The summed E-state index contributed by atoms with van der Waals surface area (Å²) in [5.74, 6) is -0.210. The summed E-state index contributed by atoms with van der Waals surface area (Å²) in [4.78, 5) is 28.1. The molecule has 0 fully saturated rings. The van der Waals surface area contributed by atoms with Crippen LogP contribution in [-0.4, -0.2) is 22.8 Å². The first-order valence-electron chi connectivity index (χ1n) is 7.02. The highest BCUT2D eigenvalue weighted by Gasteiger charge is 2.25. The molecule has 0 saturated carbocycles. The summed E-state index contributed by atoms with van der Waals surface area (Å²) in [6.45, 7) is 7.67. The summed E-state index contributed by atoms with van der Waals surface area (Å²) in [5, 5.41) is 5.70. The maximum absolute atomic E-state index is 12.3. The molecule has 1 rings (SSSR count). The van der Waals surface area contributed by atoms with E-state index >= 15 is 0 Å². The lowest BCUT2D eigenvalue weighted by Crippen LogP contribution is -2.47. The maximum Gasteiger partial charge on any atom is 0.247 e. The first-order valence-corrected chi connectivity index (χ1v) is 7.39. The SMILES string of the molecule is CC(C)CC(=O)NC(C(=O)Nc1cccnc1Cl)C(C)C. The molecule has 21 heavy (non-hydrogen) atoms. The van der Waals surface area contributed by atoms with Gasteiger partial charge in [0.1, 0.15) is 6.04 Å². The fourth-order valence-corrected chi connectivity index (χ4v) is 1.99. The monoisotopic (exact) mass is 311 g/mol. The molecule has 0 spiro atoms. The van der Waals surface area contributed by atoms with Crippen LogP contribution in [0.15, 0.2) is 18.3 Å². The predicted octanol–water partition coefficient (Wildman–Crippen LogP) is 2.86. The molecule has 5 nitrogen and oxygen atoms in total. The average molecular weight is 312 g/mol. The molecule has 0 radical (unpaired) electrons. The van der Waals surface area contributed by atoms with Crippen molar-refractivity contribution in [2.45, 2.75) is 40.2 Å². The summed E-state index contributed by atoms with van der Waals surface area (Å²) >= 11 is 5.91. The van der Waals surface area contributed by atoms with Crippen molar-refractivity contribution in [3.05, 3.63) is 23.5 Å². The van der Waals surface area contributed by atoms with E-state index in [9.17, 15) is 9.59 Å². The summed E-state index contributed by atoms with van der Waals surface area (Å²) in [6.07, 6.45) is 1.94. The minimum absolute atomic E-state index is 0.0310. The molecule has 6 heteroatoms. The Morgan fingerprint density at radius 3 is 2.48 bits per heavy atom. The number of carbonyl (C=O) groups excluding carboxylic acids is 2. The van der Waals surface area contributed by atoms with Gasteiger partial charge in [-0.25, -0.2) is 4.98 Å². The van der Waals surface area contributed by atoms with Gasteiger partial charge >= 0.3 is 0 Å². The Labute approximate surface area is 130 Å². The third-order valence-corrected chi connectivity index (χ3v) is 3.18. The van der Waals surface area contributed by atoms with Crippen LogP contribution in [-0.2, 0) is 9.59 Å². The van der Waals surface area contributed by atoms with Crippen molar-refractivity contribution in [1.82, 2.24) is 10.3 Å². The predicted molar refractivity (Wildman–Crippen MR) is 84.1 cm³/mol. The molecule has 1 unspecified atom stereocenters. The Morgan fingerprint density at radius 2 is 1.95 bits per heavy atom. The summed E-state index contributed by atoms with van der Waals surface area (Å²) < 4.78 is 0. The van der Waals surface area contributed by atoms with Gasteiger partial charge in [0.15, 0.2) is 5.15 Å². The molecule has 0 aliphatic carbocycles. The van der Waals surface area contributed by atoms with Crippen LogP contribution >= 0.6 is 11.6 Å². The molecule has 1 heterocycles. The second-order valence-electron chi connectivity index (χ2n) is 5.72. The number of halogens is 1. The topological polar surface area (TPSA) is 71.1 Å². The number of amides is 2. The molecule has 0 aromatic carbocycles. The van der Waals surface area contributed by atoms with Crippen LogP contribution in [0, 0.1) is 11.8 Å². The van der Waals surface area contributed by atoms with E-state index in [-0.39, 0.29) is 28.8 Å². The Kier molecular flexibility index (Phi) is 6.62. The smallest absolute Gasteiger partial charge is 0.247 e. The van der Waals surface area contributed by atoms with Gasteiger partial charge in [0.2, 0.25) is 11.8 Å². The number of aromatic nitrogens is 1. The maximum atomic E-state index is 12.3. The largest absolute Gasteiger partial charge is 0.344 e. The van der Waals surface area contributed by atoms with Crippen LogP contribution in [0.5, 0.6) is 0 Å². The van der Waals surface area contributed by atoms with Gasteiger partial charge in [0, 0.05) is 12.6 Å². The molecule has 1 aromatic rings. The first kappa shape index (κ1) is 17.4. The number of hydrogen-bond acceptors (Lipinski definition) is 3. The summed E-state index contributed by atoms with van der Waals surface area (Å²) in [6, 6.07) is 2.75. The van der Waals surface area contributed by atoms with E-state index in [1.165, 1.54) is 0 Å². The number of pyridine rings is 1. The third kappa shape index (κ3) is 5.71. The number of rotatable bonds is 6. The Bertz CT molecular complexity index is 503. The number of anilines is 1. The van der Waals surface area contributed by atoms with Crippen LogP contribution < -0.4 is 10.6 Å². The van der Waals surface area contributed by atoms with Crippen molar-refractivity contribution in [1.29, 1.82) is 0 Å². The van der Waals surface area contributed by atoms with Gasteiger partial charge in [-0.15, -0.1) is 0 Å². The Hall–Kier alpha value is -1.62. The van der Waals surface area contributed by atoms with Gasteiger partial charge in [0.05, 0.1) is 5.69 Å². The minimum atomic E-state index is -0.604. The standard InChI is InChI=1S/C15H22ClN3O2/c1-9(2)8-12(20)19-13(10(3)4)15(21)18-11-6-5-7-17-14(11)16/h5-7,9-10,13H,8H2,1-4H3,(H,18,21)(H,19,20). The van der Waals surface area contributed by atoms with E-state index in [4.69, 9.17) is 11.6 Å². The highest BCUT2D eigenvalue weighted by Crippen LogP contribution is 2.18. The zero-order chi connectivity index (χ0) is 16.0. The quantitative estimate of drug-likeness (QED) is 0.794. The van der Waals surface area contributed by atoms with E-state index in [1.807, 2.05) is 27.7 Å². The molecule has 0 bridgehead atoms. The van der Waals surface area contributed by atoms with Gasteiger partial charge in [0.25, 0.3) is 0 Å². The molecule has 1 atom stereocenters. The molecule has 0 aliphatic heterocycles. The summed E-state index contributed by atoms with van der Waals surface area (Å²) in [7, 11) is 0. The van der Waals surface area contributed by atoms with Crippen LogP contribution in [0.25, 0.3) is 0 Å². The van der Waals surface area contributed by atoms with E-state index in [2.05, 4.69) is 15.6 Å².